The van der Waals surface area contributed by atoms with E-state index < -0.39 is 61.9 Å². The Labute approximate surface area is 249 Å². The van der Waals surface area contributed by atoms with Crippen LogP contribution in [0.1, 0.15) is 24.6 Å². The SMILES string of the molecule is CSCC[C@@H](C(=O)OP(=O)(O)OC[C@H]1O[C@@H](n2cc(F)c(=O)[nH]c2=O)C[C@@H]1O)N(OCc1ccccc1)c1ccccc1. The number of benzene rings is 2. The van der Waals surface area contributed by atoms with Gasteiger partial charge in [0.1, 0.15) is 12.3 Å². The van der Waals surface area contributed by atoms with Gasteiger partial charge in [-0.05, 0) is 36.1 Å². The van der Waals surface area contributed by atoms with Crippen LogP contribution in [0.5, 0.6) is 0 Å². The van der Waals surface area contributed by atoms with Gasteiger partial charge < -0.3 is 14.4 Å². The summed E-state index contributed by atoms with van der Waals surface area (Å²) in [6, 6.07) is 16.8. The summed E-state index contributed by atoms with van der Waals surface area (Å²) in [6.45, 7) is -0.603. The molecule has 0 spiro atoms. The molecule has 1 aliphatic heterocycles. The Morgan fingerprint density at radius 1 is 1.21 bits per heavy atom. The van der Waals surface area contributed by atoms with Gasteiger partial charge in [0.15, 0.2) is 6.04 Å². The van der Waals surface area contributed by atoms with Crippen molar-refractivity contribution in [2.24, 2.45) is 0 Å². The molecular formula is C27H31FN3O10PS. The molecule has 2 aromatic carbocycles. The van der Waals surface area contributed by atoms with Crippen LogP contribution in [0.4, 0.5) is 10.1 Å². The number of aliphatic hydroxyl groups excluding tert-OH is 1. The number of aromatic nitrogens is 2. The van der Waals surface area contributed by atoms with Crippen molar-refractivity contribution in [3.8, 4) is 0 Å². The molecule has 13 nitrogen and oxygen atoms in total. The third-order valence-electron chi connectivity index (χ3n) is 6.42. The predicted molar refractivity (Wildman–Crippen MR) is 155 cm³/mol. The van der Waals surface area contributed by atoms with Gasteiger partial charge in [-0.1, -0.05) is 48.5 Å². The second-order valence-electron chi connectivity index (χ2n) is 9.47. The van der Waals surface area contributed by atoms with Crippen LogP contribution in [-0.4, -0.2) is 62.4 Å². The lowest BCUT2D eigenvalue weighted by Gasteiger charge is -2.31. The van der Waals surface area contributed by atoms with Crippen molar-refractivity contribution in [1.29, 1.82) is 0 Å². The average molecular weight is 640 g/mol. The smallest absolute Gasteiger partial charge is 0.390 e. The highest BCUT2D eigenvalue weighted by Gasteiger charge is 2.40. The topological polar surface area (TPSA) is 170 Å². The number of para-hydroxylation sites is 1. The standard InChI is InChI=1S/C27H31FN3O10PS/c1-43-13-12-21(31(19-10-6-3-7-11-19)38-16-18-8-4-2-5-9-18)26(34)41-42(36,37)39-17-23-22(32)14-24(40-23)30-15-20(28)25(33)29-27(30)35/h2-11,15,21-24,32H,12-14,16-17H2,1H3,(H,36,37)(H,29,33,35)/t21-,22-,23+,24+/m0/s1. The number of hydrogen-bond acceptors (Lipinski definition) is 11. The quantitative estimate of drug-likeness (QED) is 0.174. The molecule has 0 amide bonds. The van der Waals surface area contributed by atoms with Crippen LogP contribution in [0.2, 0.25) is 0 Å². The molecule has 1 saturated heterocycles. The number of nitrogens with zero attached hydrogens (tertiary/aromatic N) is 2. The van der Waals surface area contributed by atoms with E-state index in [1.165, 1.54) is 16.8 Å². The zero-order valence-corrected chi connectivity index (χ0v) is 24.7. The molecule has 2 heterocycles. The summed E-state index contributed by atoms with van der Waals surface area (Å²) in [5.41, 5.74) is -0.843. The Morgan fingerprint density at radius 3 is 2.56 bits per heavy atom. The normalized spacial score (nSPS) is 20.3. The maximum absolute atomic E-state index is 13.7. The highest BCUT2D eigenvalue weighted by molar-refractivity contribution is 7.98. The summed E-state index contributed by atoms with van der Waals surface area (Å²) in [4.78, 5) is 54.9. The van der Waals surface area contributed by atoms with Crippen LogP contribution in [0.15, 0.2) is 76.4 Å². The predicted octanol–water partition coefficient (Wildman–Crippen LogP) is 2.74. The maximum atomic E-state index is 13.7. The van der Waals surface area contributed by atoms with E-state index in [-0.39, 0.29) is 19.4 Å². The van der Waals surface area contributed by atoms with E-state index in [4.69, 9.17) is 18.6 Å². The summed E-state index contributed by atoms with van der Waals surface area (Å²) >= 11 is 1.46. The van der Waals surface area contributed by atoms with Crippen LogP contribution in [0, 0.1) is 5.82 Å². The molecule has 1 unspecified atom stereocenters. The number of ether oxygens (including phenoxy) is 1. The average Bonchev–Trinajstić information content (AvgIpc) is 3.36. The van der Waals surface area contributed by atoms with E-state index in [1.807, 2.05) is 36.6 Å². The third kappa shape index (κ3) is 8.86. The Balaban J connectivity index is 1.44. The number of carbonyl (C=O) groups excluding carboxylic acids is 1. The number of thioether (sulfide) groups is 1. The number of aromatic amines is 1. The van der Waals surface area contributed by atoms with E-state index in [2.05, 4.69) is 0 Å². The van der Waals surface area contributed by atoms with Gasteiger partial charge in [0.25, 0.3) is 5.56 Å². The van der Waals surface area contributed by atoms with Crippen molar-refractivity contribution in [2.75, 3.05) is 23.7 Å². The molecule has 0 saturated carbocycles. The zero-order chi connectivity index (χ0) is 31.0. The summed E-state index contributed by atoms with van der Waals surface area (Å²) < 4.78 is 42.7. The van der Waals surface area contributed by atoms with Crippen molar-refractivity contribution in [3.05, 3.63) is 99.1 Å². The first-order valence-corrected chi connectivity index (χ1v) is 16.0. The van der Waals surface area contributed by atoms with Crippen LogP contribution < -0.4 is 16.3 Å². The third-order valence-corrected chi connectivity index (χ3v) is 7.95. The number of H-pyrrole nitrogens is 1. The van der Waals surface area contributed by atoms with Gasteiger partial charge >= 0.3 is 19.5 Å². The highest BCUT2D eigenvalue weighted by Crippen LogP contribution is 2.45. The molecule has 1 aliphatic rings. The number of rotatable bonds is 14. The zero-order valence-electron chi connectivity index (χ0n) is 23.0. The molecule has 0 aliphatic carbocycles. The largest absolute Gasteiger partial charge is 0.529 e. The van der Waals surface area contributed by atoms with Gasteiger partial charge in [0.05, 0.1) is 31.2 Å². The minimum Gasteiger partial charge on any atom is -0.390 e. The van der Waals surface area contributed by atoms with Crippen molar-refractivity contribution < 1.29 is 42.4 Å². The van der Waals surface area contributed by atoms with Crippen molar-refractivity contribution in [1.82, 2.24) is 9.55 Å². The molecule has 232 valence electrons. The van der Waals surface area contributed by atoms with Gasteiger partial charge in [-0.3, -0.25) is 28.6 Å². The van der Waals surface area contributed by atoms with E-state index in [0.717, 1.165) is 10.1 Å². The highest BCUT2D eigenvalue weighted by atomic mass is 32.2. The van der Waals surface area contributed by atoms with E-state index in [1.54, 1.807) is 35.3 Å². The van der Waals surface area contributed by atoms with Crippen LogP contribution in [0.25, 0.3) is 0 Å². The molecule has 1 aromatic heterocycles. The molecule has 16 heteroatoms. The van der Waals surface area contributed by atoms with Crippen LogP contribution in [-0.2, 0) is 34.6 Å². The van der Waals surface area contributed by atoms with E-state index >= 15 is 0 Å². The molecule has 3 N–H and O–H groups in total. The molecule has 4 rings (SSSR count). The first-order valence-electron chi connectivity index (χ1n) is 13.1. The number of aliphatic hydroxyl groups is 1. The summed E-state index contributed by atoms with van der Waals surface area (Å²) in [6.07, 6.45) is -1.27. The Bertz CT molecular complexity index is 1530. The number of phosphoric acid groups is 1. The molecule has 0 bridgehead atoms. The Morgan fingerprint density at radius 2 is 1.88 bits per heavy atom. The van der Waals surface area contributed by atoms with Crippen LogP contribution >= 0.6 is 19.6 Å². The van der Waals surface area contributed by atoms with Gasteiger partial charge in [-0.15, -0.1) is 0 Å². The fraction of sp³-hybridized carbons (Fsp3) is 0.370. The van der Waals surface area contributed by atoms with Gasteiger partial charge in [-0.25, -0.2) is 19.2 Å². The van der Waals surface area contributed by atoms with Gasteiger partial charge in [0, 0.05) is 6.42 Å². The molecular weight excluding hydrogens is 608 g/mol. The number of hydroxylamine groups is 1. The molecule has 3 aromatic rings. The Hall–Kier alpha value is -3.30. The van der Waals surface area contributed by atoms with Gasteiger partial charge in [-0.2, -0.15) is 16.2 Å². The van der Waals surface area contributed by atoms with Crippen molar-refractivity contribution in [3.63, 3.8) is 0 Å². The number of anilines is 1. The number of halogens is 1. The molecule has 43 heavy (non-hydrogen) atoms. The van der Waals surface area contributed by atoms with Gasteiger partial charge in [0.2, 0.25) is 5.82 Å². The fourth-order valence-corrected chi connectivity index (χ4v) is 5.47. The number of phosphoric ester groups is 1. The number of hydrogen-bond donors (Lipinski definition) is 3. The van der Waals surface area contributed by atoms with Crippen molar-refractivity contribution in [2.45, 2.75) is 43.9 Å². The second kappa shape index (κ2) is 14.9. The number of carbonyl (C=O) groups is 1. The first kappa shape index (κ1) is 32.6. The monoisotopic (exact) mass is 639 g/mol. The van der Waals surface area contributed by atoms with Crippen LogP contribution in [0.3, 0.4) is 0 Å². The lowest BCUT2D eigenvalue weighted by atomic mass is 10.2. The maximum Gasteiger partial charge on any atom is 0.529 e. The summed E-state index contributed by atoms with van der Waals surface area (Å²) in [5, 5.41) is 11.7. The van der Waals surface area contributed by atoms with Crippen molar-refractivity contribution >= 4 is 31.2 Å². The Kier molecular flexibility index (Phi) is 11.3. The minimum absolute atomic E-state index is 0.104. The van der Waals surface area contributed by atoms with E-state index in [0.29, 0.717) is 17.6 Å². The number of nitrogens with one attached hydrogen (secondary N) is 1. The summed E-state index contributed by atoms with van der Waals surface area (Å²) in [5.74, 6) is -1.84. The molecule has 0 radical (unpaired) electrons. The first-order chi connectivity index (χ1) is 20.6. The molecule has 5 atom stereocenters. The lowest BCUT2D eigenvalue weighted by molar-refractivity contribution is -0.140. The van der Waals surface area contributed by atoms with E-state index in [9.17, 15) is 33.3 Å². The second-order valence-corrected chi connectivity index (χ2v) is 11.8. The molecule has 1 fully saturated rings. The minimum atomic E-state index is -5.04. The fourth-order valence-electron chi connectivity index (χ4n) is 4.28. The summed E-state index contributed by atoms with van der Waals surface area (Å²) in [7, 11) is -5.04. The lowest BCUT2D eigenvalue weighted by Crippen LogP contribution is -2.42.